The Labute approximate surface area is 122 Å². The molecule has 0 aliphatic heterocycles. The van der Waals surface area contributed by atoms with Gasteiger partial charge in [-0.2, -0.15) is 0 Å². The van der Waals surface area contributed by atoms with E-state index in [4.69, 9.17) is 0 Å². The summed E-state index contributed by atoms with van der Waals surface area (Å²) < 4.78 is 0. The minimum atomic E-state index is -0.908. The molecule has 0 heterocycles. The van der Waals surface area contributed by atoms with E-state index in [9.17, 15) is 9.90 Å². The van der Waals surface area contributed by atoms with Crippen LogP contribution in [0.5, 0.6) is 0 Å². The summed E-state index contributed by atoms with van der Waals surface area (Å²) >= 11 is 0. The van der Waals surface area contributed by atoms with Crippen LogP contribution in [0.3, 0.4) is 0 Å². The molecule has 0 bridgehead atoms. The van der Waals surface area contributed by atoms with Gasteiger partial charge in [0.25, 0.3) is 0 Å². The van der Waals surface area contributed by atoms with Gasteiger partial charge in [-0.25, -0.2) is 0 Å². The largest absolute Gasteiger partial charge is 3.00 e. The summed E-state index contributed by atoms with van der Waals surface area (Å²) in [6, 6.07) is 0. The molecule has 0 amide bonds. The number of rotatable bonds is 11. The van der Waals surface area contributed by atoms with Crippen molar-refractivity contribution in [1.29, 1.82) is 0 Å². The minimum Gasteiger partial charge on any atom is -0.870 e. The van der Waals surface area contributed by atoms with Crippen molar-refractivity contribution in [3.63, 3.8) is 0 Å². The van der Waals surface area contributed by atoms with Gasteiger partial charge >= 0.3 is 17.4 Å². The van der Waals surface area contributed by atoms with Gasteiger partial charge in [0.05, 0.1) is 0 Å². The average molecular weight is 274 g/mol. The third-order valence-corrected chi connectivity index (χ3v) is 2.73. The molecule has 18 heavy (non-hydrogen) atoms. The molecule has 0 unspecified atom stereocenters. The van der Waals surface area contributed by atoms with Gasteiger partial charge in [0.2, 0.25) is 0 Å². The van der Waals surface area contributed by atoms with E-state index in [1.807, 2.05) is 0 Å². The molecular formula is C13H27AlO4. The Balaban J connectivity index is -0.000000327. The normalized spacial score (nSPS) is 8.72. The van der Waals surface area contributed by atoms with Crippen molar-refractivity contribution in [2.45, 2.75) is 77.6 Å². The first-order valence-corrected chi connectivity index (χ1v) is 6.47. The second kappa shape index (κ2) is 22.1. The fourth-order valence-corrected chi connectivity index (χ4v) is 1.76. The smallest absolute Gasteiger partial charge is 0.870 e. The summed E-state index contributed by atoms with van der Waals surface area (Å²) in [4.78, 5) is 10.1. The van der Waals surface area contributed by atoms with Gasteiger partial charge in [0.1, 0.15) is 0 Å². The molecule has 4 nitrogen and oxygen atoms in total. The van der Waals surface area contributed by atoms with Gasteiger partial charge in [-0.15, -0.1) is 0 Å². The number of aliphatic carboxylic acids is 1. The zero-order chi connectivity index (χ0) is 11.4. The molecule has 5 heteroatoms. The molecule has 0 aliphatic carbocycles. The first-order chi connectivity index (χ1) is 7.27. The average Bonchev–Trinajstić information content (AvgIpc) is 2.20. The number of carbonyl (C=O) groups excluding carboxylic acids is 1. The van der Waals surface area contributed by atoms with Crippen molar-refractivity contribution in [3.05, 3.63) is 0 Å². The molecule has 0 radical (unpaired) electrons. The van der Waals surface area contributed by atoms with E-state index < -0.39 is 5.97 Å². The van der Waals surface area contributed by atoms with Crippen LogP contribution < -0.4 is 5.11 Å². The Morgan fingerprint density at radius 3 is 1.44 bits per heavy atom. The second-order valence-electron chi connectivity index (χ2n) is 4.30. The van der Waals surface area contributed by atoms with Crippen molar-refractivity contribution >= 4 is 23.3 Å². The molecule has 0 atom stereocenters. The SMILES string of the molecule is CCCCCCCCCCCCC(=O)[O-].[Al+3].[OH-].[OH-]. The van der Waals surface area contributed by atoms with Gasteiger partial charge in [0.15, 0.2) is 0 Å². The third kappa shape index (κ3) is 24.9. The Kier molecular flexibility index (Phi) is 32.6. The second-order valence-corrected chi connectivity index (χ2v) is 4.30. The molecule has 0 fully saturated rings. The summed E-state index contributed by atoms with van der Waals surface area (Å²) in [6.45, 7) is 2.23. The van der Waals surface area contributed by atoms with E-state index in [0.717, 1.165) is 12.8 Å². The zero-order valence-corrected chi connectivity index (χ0v) is 12.7. The molecule has 0 rings (SSSR count). The summed E-state index contributed by atoms with van der Waals surface area (Å²) in [6.07, 6.45) is 12.6. The number of carboxylic acids is 1. The van der Waals surface area contributed by atoms with Gasteiger partial charge in [0, 0.05) is 5.97 Å². The van der Waals surface area contributed by atoms with Crippen LogP contribution in [0.2, 0.25) is 0 Å². The van der Waals surface area contributed by atoms with Crippen molar-refractivity contribution in [2.75, 3.05) is 0 Å². The van der Waals surface area contributed by atoms with Gasteiger partial charge < -0.3 is 20.9 Å². The first kappa shape index (κ1) is 26.5. The van der Waals surface area contributed by atoms with Crippen LogP contribution in [-0.4, -0.2) is 34.3 Å². The van der Waals surface area contributed by atoms with Crippen LogP contribution in [0, 0.1) is 0 Å². The van der Waals surface area contributed by atoms with Gasteiger partial charge in [-0.3, -0.25) is 0 Å². The molecule has 2 N–H and O–H groups in total. The third-order valence-electron chi connectivity index (χ3n) is 2.73. The number of carboxylic acid groups (broad SMARTS) is 1. The molecule has 0 aromatic heterocycles. The van der Waals surface area contributed by atoms with E-state index in [0.29, 0.717) is 0 Å². The molecule has 0 aliphatic rings. The van der Waals surface area contributed by atoms with Gasteiger partial charge in [-0.05, 0) is 12.8 Å². The fourth-order valence-electron chi connectivity index (χ4n) is 1.76. The van der Waals surface area contributed by atoms with Crippen LogP contribution >= 0.6 is 0 Å². The summed E-state index contributed by atoms with van der Waals surface area (Å²) in [5, 5.41) is 10.1. The maximum atomic E-state index is 10.1. The van der Waals surface area contributed by atoms with Crippen LogP contribution in [0.25, 0.3) is 0 Å². The van der Waals surface area contributed by atoms with Crippen LogP contribution in [0.4, 0.5) is 0 Å². The molecule has 0 saturated carbocycles. The molecule has 0 spiro atoms. The van der Waals surface area contributed by atoms with Crippen molar-refractivity contribution in [1.82, 2.24) is 0 Å². The Morgan fingerprint density at radius 2 is 1.11 bits per heavy atom. The van der Waals surface area contributed by atoms with E-state index in [1.165, 1.54) is 51.4 Å². The maximum absolute atomic E-state index is 10.1. The van der Waals surface area contributed by atoms with E-state index in [-0.39, 0.29) is 34.7 Å². The first-order valence-electron chi connectivity index (χ1n) is 6.47. The van der Waals surface area contributed by atoms with Gasteiger partial charge in [-0.1, -0.05) is 64.7 Å². The Morgan fingerprint density at radius 1 is 0.778 bits per heavy atom. The van der Waals surface area contributed by atoms with Crippen molar-refractivity contribution in [3.8, 4) is 0 Å². The van der Waals surface area contributed by atoms with Crippen molar-refractivity contribution < 1.29 is 20.9 Å². The van der Waals surface area contributed by atoms with Crippen molar-refractivity contribution in [2.24, 2.45) is 0 Å². The zero-order valence-electron chi connectivity index (χ0n) is 11.6. The van der Waals surface area contributed by atoms with E-state index >= 15 is 0 Å². The van der Waals surface area contributed by atoms with Crippen LogP contribution in [0.1, 0.15) is 77.6 Å². The minimum absolute atomic E-state index is 0. The predicted octanol–water partition coefficient (Wildman–Crippen LogP) is 2.31. The monoisotopic (exact) mass is 274 g/mol. The number of unbranched alkanes of at least 4 members (excludes halogenated alkanes) is 9. The Hall–Kier alpha value is -0.0775. The summed E-state index contributed by atoms with van der Waals surface area (Å²) in [7, 11) is 0. The van der Waals surface area contributed by atoms with Crippen LogP contribution in [-0.2, 0) is 4.79 Å². The maximum Gasteiger partial charge on any atom is 3.00 e. The molecule has 0 aromatic carbocycles. The predicted molar refractivity (Wildman–Crippen MR) is 71.1 cm³/mol. The fraction of sp³-hybridized carbons (Fsp3) is 0.923. The number of hydrogen-bond donors (Lipinski definition) is 0. The molecule has 106 valence electrons. The van der Waals surface area contributed by atoms with E-state index in [1.54, 1.807) is 0 Å². The standard InChI is InChI=1S/C13H26O2.Al.2H2O/c1-2-3-4-5-6-7-8-9-10-11-12-13(14)15;;;/h2-12H2,1H3,(H,14,15);;2*1H2/q;+3;;/p-3. The Bertz CT molecular complexity index is 154. The topological polar surface area (TPSA) is 100 Å². The van der Waals surface area contributed by atoms with E-state index in [2.05, 4.69) is 6.92 Å². The number of carbonyl (C=O) groups is 1. The molecule has 0 aromatic rings. The summed E-state index contributed by atoms with van der Waals surface area (Å²) in [5.41, 5.74) is 0. The molecular weight excluding hydrogens is 247 g/mol. The quantitative estimate of drug-likeness (QED) is 0.426. The molecule has 0 saturated heterocycles. The van der Waals surface area contributed by atoms with Crippen LogP contribution in [0.15, 0.2) is 0 Å². The summed E-state index contributed by atoms with van der Waals surface area (Å²) in [5.74, 6) is -0.908. The number of hydrogen-bond acceptors (Lipinski definition) is 4.